The van der Waals surface area contributed by atoms with Crippen molar-refractivity contribution in [3.8, 4) is 0 Å². The van der Waals surface area contributed by atoms with Gasteiger partial charge in [0.05, 0.1) is 8.41 Å². The second kappa shape index (κ2) is 6.91. The molecule has 0 saturated carbocycles. The molecule has 0 unspecified atom stereocenters. The van der Waals surface area contributed by atoms with E-state index in [1.54, 1.807) is 0 Å². The van der Waals surface area contributed by atoms with Crippen LogP contribution in [-0.4, -0.2) is 41.9 Å². The molecule has 0 aliphatic heterocycles. The molecule has 0 aromatic rings. The van der Waals surface area contributed by atoms with Crippen LogP contribution in [0.1, 0.15) is 0 Å². The highest BCUT2D eigenvalue weighted by Gasteiger charge is 2.00. The van der Waals surface area contributed by atoms with Crippen LogP contribution < -0.4 is 0 Å². The highest BCUT2D eigenvalue weighted by atomic mass is 31.2. The molecule has 5 N–H and O–H groups in total. The van der Waals surface area contributed by atoms with E-state index >= 15 is 0 Å². The molecule has 10 heteroatoms. The molecule has 0 aliphatic carbocycles. The molecule has 7 nitrogen and oxygen atoms in total. The average molecular weight is 190 g/mol. The standard InChI is InChI=1S/BH3.H3O4P.H2O3Si/c;1-5(2,3)4;1-4(2)3/h1H3;(H3,1,2,3,4);1-2H. The highest BCUT2D eigenvalue weighted by Crippen LogP contribution is 2.25. The van der Waals surface area contributed by atoms with Gasteiger partial charge < -0.3 is 24.3 Å². The molecule has 0 amide bonds. The van der Waals surface area contributed by atoms with E-state index in [4.69, 9.17) is 33.3 Å². The van der Waals surface area contributed by atoms with Crippen molar-refractivity contribution in [2.45, 2.75) is 0 Å². The van der Waals surface area contributed by atoms with Gasteiger partial charge in [0.25, 0.3) is 0 Å². The van der Waals surface area contributed by atoms with Gasteiger partial charge in [-0.2, -0.15) is 0 Å². The first-order chi connectivity index (χ1) is 3.73. The van der Waals surface area contributed by atoms with Crippen molar-refractivity contribution < 1.29 is 33.3 Å². The largest absolute Gasteiger partial charge is 0.761 e. The smallest absolute Gasteiger partial charge is 0.511 e. The first-order valence-electron chi connectivity index (χ1n) is 1.43. The quantitative estimate of drug-likeness (QED) is 0.195. The van der Waals surface area contributed by atoms with Crippen molar-refractivity contribution in [1.29, 1.82) is 0 Å². The Balaban J connectivity index is -0.0000000910. The lowest BCUT2D eigenvalue weighted by Gasteiger charge is -1.82. The molecule has 0 spiro atoms. The molecule has 0 rings (SSSR count). The zero-order valence-corrected chi connectivity index (χ0v) is 5.89. The van der Waals surface area contributed by atoms with Gasteiger partial charge in [-0.3, -0.25) is 4.46 Å². The summed E-state index contributed by atoms with van der Waals surface area (Å²) in [7, 11) is -7.77. The lowest BCUT2D eigenvalue weighted by molar-refractivity contribution is 0.275. The summed E-state index contributed by atoms with van der Waals surface area (Å²) in [6.07, 6.45) is 0. The Bertz CT molecular complexity index is 113. The van der Waals surface area contributed by atoms with Gasteiger partial charge in [0, 0.05) is 0 Å². The van der Waals surface area contributed by atoms with E-state index in [2.05, 4.69) is 0 Å². The van der Waals surface area contributed by atoms with Gasteiger partial charge in [-0.1, -0.05) is 0 Å². The lowest BCUT2D eigenvalue weighted by atomic mass is 10.8. The van der Waals surface area contributed by atoms with Crippen LogP contribution >= 0.6 is 7.82 Å². The molecule has 0 fully saturated rings. The summed E-state index contributed by atoms with van der Waals surface area (Å²) in [6.45, 7) is 0. The van der Waals surface area contributed by atoms with Gasteiger partial charge in [-0.15, -0.1) is 0 Å². The molecule has 0 saturated heterocycles. The fourth-order valence-corrected chi connectivity index (χ4v) is 0. The first kappa shape index (κ1) is 16.4. The van der Waals surface area contributed by atoms with Crippen molar-refractivity contribution in [3.05, 3.63) is 0 Å². The van der Waals surface area contributed by atoms with Gasteiger partial charge in [0.2, 0.25) is 0 Å². The molecular formula is H8BO7PSi. The predicted octanol–water partition coefficient (Wildman–Crippen LogP) is -3.73. The fraction of sp³-hybridized carbons (Fsp3) is 0. The number of hydrogen-bond acceptors (Lipinski definition) is 2. The maximum atomic E-state index is 8.88. The Hall–Kier alpha value is -0.208. The van der Waals surface area contributed by atoms with E-state index in [9.17, 15) is 0 Å². The van der Waals surface area contributed by atoms with Crippen LogP contribution in [0.15, 0.2) is 0 Å². The molecule has 0 heterocycles. The zero-order valence-electron chi connectivity index (χ0n) is 4.00. The van der Waals surface area contributed by atoms with Crippen LogP contribution in [0.5, 0.6) is 0 Å². The van der Waals surface area contributed by atoms with E-state index in [1.807, 2.05) is 0 Å². The lowest BCUT2D eigenvalue weighted by Crippen LogP contribution is -1.90. The van der Waals surface area contributed by atoms with E-state index in [0.717, 1.165) is 0 Å². The first-order valence-corrected chi connectivity index (χ1v) is 4.30. The van der Waals surface area contributed by atoms with E-state index in [1.165, 1.54) is 0 Å². The molecule has 0 aliphatic rings. The summed E-state index contributed by atoms with van der Waals surface area (Å²) in [6, 6.07) is 0. The number of rotatable bonds is 0. The Morgan fingerprint density at radius 3 is 1.10 bits per heavy atom. The molecule has 0 aromatic carbocycles. The highest BCUT2D eigenvalue weighted by molar-refractivity contribution is 7.45. The monoisotopic (exact) mass is 190 g/mol. The van der Waals surface area contributed by atoms with Crippen LogP contribution in [-0.2, 0) is 9.03 Å². The zero-order chi connectivity index (χ0) is 8.08. The Morgan fingerprint density at radius 1 is 1.10 bits per heavy atom. The SMILES string of the molecule is B.O=P(O)(O)O.O=[Si](O)O. The summed E-state index contributed by atoms with van der Waals surface area (Å²) in [5, 5.41) is 0. The maximum Gasteiger partial charge on any atom is 0.761 e. The minimum absolute atomic E-state index is 0. The molecule has 0 radical (unpaired) electrons. The van der Waals surface area contributed by atoms with Crippen molar-refractivity contribution in [1.82, 2.24) is 0 Å². The van der Waals surface area contributed by atoms with E-state index < -0.39 is 17.0 Å². The maximum absolute atomic E-state index is 8.88. The van der Waals surface area contributed by atoms with Crippen molar-refractivity contribution in [2.75, 3.05) is 0 Å². The molecule has 0 atom stereocenters. The van der Waals surface area contributed by atoms with E-state index in [-0.39, 0.29) is 8.41 Å². The van der Waals surface area contributed by atoms with Crippen LogP contribution in [0.3, 0.4) is 0 Å². The van der Waals surface area contributed by atoms with Crippen LogP contribution in [0.4, 0.5) is 0 Å². The average Bonchev–Trinajstić information content (AvgIpc) is 1.19. The third-order valence-electron chi connectivity index (χ3n) is 0. The predicted molar refractivity (Wildman–Crippen MR) is 35.1 cm³/mol. The van der Waals surface area contributed by atoms with Crippen molar-refractivity contribution >= 4 is 25.4 Å². The van der Waals surface area contributed by atoms with E-state index in [0.29, 0.717) is 0 Å². The van der Waals surface area contributed by atoms with Crippen molar-refractivity contribution in [2.24, 2.45) is 0 Å². The fourth-order valence-electron chi connectivity index (χ4n) is 0. The van der Waals surface area contributed by atoms with Gasteiger partial charge >= 0.3 is 17.0 Å². The minimum atomic E-state index is -4.64. The molecule has 0 aromatic heterocycles. The topological polar surface area (TPSA) is 135 Å². The molecule has 0 bridgehead atoms. The second-order valence-corrected chi connectivity index (χ2v) is 2.39. The summed E-state index contributed by atoms with van der Waals surface area (Å²) in [5.41, 5.74) is 0. The van der Waals surface area contributed by atoms with Gasteiger partial charge in [0.15, 0.2) is 0 Å². The summed E-state index contributed by atoms with van der Waals surface area (Å²) in [4.78, 5) is 35.9. The second-order valence-electron chi connectivity index (χ2n) is 0.796. The van der Waals surface area contributed by atoms with Gasteiger partial charge in [-0.25, -0.2) is 4.57 Å². The summed E-state index contributed by atoms with van der Waals surface area (Å²) < 4.78 is 17.6. The molecule has 62 valence electrons. The summed E-state index contributed by atoms with van der Waals surface area (Å²) in [5.74, 6) is 0. The minimum Gasteiger partial charge on any atom is -0.511 e. The van der Waals surface area contributed by atoms with Crippen LogP contribution in [0.2, 0.25) is 0 Å². The molecule has 10 heavy (non-hydrogen) atoms. The third-order valence-corrected chi connectivity index (χ3v) is 0. The number of hydrogen-bond donors (Lipinski definition) is 5. The van der Waals surface area contributed by atoms with Crippen LogP contribution in [0, 0.1) is 0 Å². The van der Waals surface area contributed by atoms with Crippen molar-refractivity contribution in [3.63, 3.8) is 0 Å². The van der Waals surface area contributed by atoms with Gasteiger partial charge in [0.1, 0.15) is 0 Å². The Labute approximate surface area is 59.7 Å². The Kier molecular flexibility index (Phi) is 11.3. The normalized spacial score (nSPS) is 8.30. The Morgan fingerprint density at radius 2 is 1.10 bits per heavy atom. The van der Waals surface area contributed by atoms with Gasteiger partial charge in [-0.05, 0) is 0 Å². The van der Waals surface area contributed by atoms with Crippen LogP contribution in [0.25, 0.3) is 0 Å². The third kappa shape index (κ3) is 8290. The molecular weight excluding hydrogens is 182 g/mol. The summed E-state index contributed by atoms with van der Waals surface area (Å²) >= 11 is 0. The number of phosphoric acid groups is 1.